The molecule has 0 saturated heterocycles. The van der Waals surface area contributed by atoms with E-state index in [1.54, 1.807) is 11.3 Å². The Hall–Kier alpha value is -1.15. The molecule has 2 aromatic rings. The fourth-order valence-corrected chi connectivity index (χ4v) is 2.50. The van der Waals surface area contributed by atoms with E-state index in [0.717, 1.165) is 16.3 Å². The number of halogens is 1. The van der Waals surface area contributed by atoms with Crippen LogP contribution in [0.5, 0.6) is 0 Å². The van der Waals surface area contributed by atoms with Gasteiger partial charge in [0.1, 0.15) is 5.01 Å². The highest BCUT2D eigenvalue weighted by molar-refractivity contribution is 14.0. The van der Waals surface area contributed by atoms with Gasteiger partial charge in [-0.1, -0.05) is 30.3 Å². The van der Waals surface area contributed by atoms with Gasteiger partial charge in [0.05, 0.1) is 12.2 Å². The quantitative estimate of drug-likeness (QED) is 0.456. The Bertz CT molecular complexity index is 587. The number of hydrogen-bond acceptors (Lipinski definition) is 3. The van der Waals surface area contributed by atoms with Crippen molar-refractivity contribution in [3.63, 3.8) is 0 Å². The van der Waals surface area contributed by atoms with E-state index in [1.165, 1.54) is 0 Å². The highest BCUT2D eigenvalue weighted by Crippen LogP contribution is 2.23. The van der Waals surface area contributed by atoms with Gasteiger partial charge >= 0.3 is 0 Å². The van der Waals surface area contributed by atoms with E-state index in [4.69, 9.17) is 5.73 Å². The minimum absolute atomic E-state index is 0. The van der Waals surface area contributed by atoms with Crippen LogP contribution < -0.4 is 11.1 Å². The first-order valence-corrected chi connectivity index (χ1v) is 7.40. The summed E-state index contributed by atoms with van der Waals surface area (Å²) in [6.07, 6.45) is 0. The molecule has 0 fully saturated rings. The van der Waals surface area contributed by atoms with E-state index in [1.807, 2.05) is 44.4 Å². The van der Waals surface area contributed by atoms with Gasteiger partial charge in [0.25, 0.3) is 0 Å². The van der Waals surface area contributed by atoms with Crippen molar-refractivity contribution in [2.24, 2.45) is 10.7 Å². The van der Waals surface area contributed by atoms with Gasteiger partial charge in [-0.2, -0.15) is 0 Å². The zero-order valence-electron chi connectivity index (χ0n) is 12.5. The molecule has 0 radical (unpaired) electrons. The van der Waals surface area contributed by atoms with Gasteiger partial charge < -0.3 is 11.1 Å². The van der Waals surface area contributed by atoms with Gasteiger partial charge in [-0.05, 0) is 20.8 Å². The second-order valence-electron chi connectivity index (χ2n) is 5.59. The molecule has 2 rings (SSSR count). The largest absolute Gasteiger partial charge is 0.370 e. The molecule has 1 heterocycles. The molecule has 1 aromatic heterocycles. The monoisotopic (exact) mass is 416 g/mol. The summed E-state index contributed by atoms with van der Waals surface area (Å²) in [5, 5.41) is 6.17. The van der Waals surface area contributed by atoms with Crippen LogP contribution >= 0.6 is 35.3 Å². The summed E-state index contributed by atoms with van der Waals surface area (Å²) in [6.45, 7) is 6.64. The lowest BCUT2D eigenvalue weighted by Gasteiger charge is -2.20. The van der Waals surface area contributed by atoms with E-state index in [0.29, 0.717) is 12.5 Å². The lowest BCUT2D eigenvalue weighted by atomic mass is 10.1. The fourth-order valence-electron chi connectivity index (χ4n) is 1.68. The molecule has 0 amide bonds. The number of aromatic nitrogens is 1. The summed E-state index contributed by atoms with van der Waals surface area (Å²) in [6, 6.07) is 10.1. The highest BCUT2D eigenvalue weighted by Gasteiger charge is 2.10. The minimum atomic E-state index is -0.0785. The summed E-state index contributed by atoms with van der Waals surface area (Å²) in [4.78, 5) is 8.89. The zero-order valence-corrected chi connectivity index (χ0v) is 15.6. The Kier molecular flexibility index (Phi) is 6.60. The van der Waals surface area contributed by atoms with Crippen LogP contribution in [0.3, 0.4) is 0 Å². The molecule has 4 nitrogen and oxygen atoms in total. The molecule has 0 unspecified atom stereocenters. The van der Waals surface area contributed by atoms with Crippen molar-refractivity contribution in [1.29, 1.82) is 0 Å². The number of nitrogens with one attached hydrogen (secondary N) is 1. The van der Waals surface area contributed by atoms with Crippen molar-refractivity contribution in [2.75, 3.05) is 0 Å². The summed E-state index contributed by atoms with van der Waals surface area (Å²) < 4.78 is 0. The summed E-state index contributed by atoms with van der Waals surface area (Å²) in [5.41, 5.74) is 7.83. The minimum Gasteiger partial charge on any atom is -0.370 e. The van der Waals surface area contributed by atoms with Crippen LogP contribution in [0.25, 0.3) is 10.6 Å². The molecule has 0 spiro atoms. The molecular weight excluding hydrogens is 395 g/mol. The molecule has 3 N–H and O–H groups in total. The number of guanidine groups is 1. The van der Waals surface area contributed by atoms with Gasteiger partial charge in [-0.3, -0.25) is 0 Å². The van der Waals surface area contributed by atoms with Gasteiger partial charge in [0.2, 0.25) is 0 Å². The third-order valence-electron chi connectivity index (χ3n) is 2.49. The predicted molar refractivity (Wildman–Crippen MR) is 101 cm³/mol. The summed E-state index contributed by atoms with van der Waals surface area (Å²) in [5.74, 6) is 0.451. The number of aliphatic imine (C=N–C) groups is 1. The number of benzene rings is 1. The standard InChI is InChI=1S/C15H20N4S.HI/c1-15(2,3)19-14(16)17-9-12-10-20-13(18-12)11-7-5-4-6-8-11;/h4-8,10H,9H2,1-3H3,(H3,16,17,19);1H. The van der Waals surface area contributed by atoms with Crippen molar-refractivity contribution in [2.45, 2.75) is 32.9 Å². The molecule has 114 valence electrons. The number of thiazole rings is 1. The molecule has 0 aliphatic rings. The van der Waals surface area contributed by atoms with E-state index in [2.05, 4.69) is 27.4 Å². The Labute approximate surface area is 146 Å². The van der Waals surface area contributed by atoms with Crippen LogP contribution in [0.15, 0.2) is 40.7 Å². The first-order valence-electron chi connectivity index (χ1n) is 6.52. The summed E-state index contributed by atoms with van der Waals surface area (Å²) in [7, 11) is 0. The molecule has 0 atom stereocenters. The topological polar surface area (TPSA) is 63.3 Å². The van der Waals surface area contributed by atoms with Crippen LogP contribution in [0, 0.1) is 0 Å². The molecule has 0 aliphatic carbocycles. The Morgan fingerprint density at radius 3 is 2.57 bits per heavy atom. The number of rotatable bonds is 3. The van der Waals surface area contributed by atoms with Crippen LogP contribution in [-0.4, -0.2) is 16.5 Å². The van der Waals surface area contributed by atoms with Crippen molar-refractivity contribution < 1.29 is 0 Å². The van der Waals surface area contributed by atoms with Crippen LogP contribution in [0.2, 0.25) is 0 Å². The second-order valence-corrected chi connectivity index (χ2v) is 6.44. The second kappa shape index (κ2) is 7.74. The smallest absolute Gasteiger partial charge is 0.189 e. The summed E-state index contributed by atoms with van der Waals surface area (Å²) >= 11 is 1.63. The van der Waals surface area contributed by atoms with Gasteiger partial charge in [-0.15, -0.1) is 35.3 Å². The maximum absolute atomic E-state index is 5.84. The number of hydrogen-bond donors (Lipinski definition) is 2. The van der Waals surface area contributed by atoms with Crippen molar-refractivity contribution in [3.8, 4) is 10.6 Å². The van der Waals surface area contributed by atoms with Crippen molar-refractivity contribution in [1.82, 2.24) is 10.3 Å². The molecule has 0 bridgehead atoms. The fraction of sp³-hybridized carbons (Fsp3) is 0.333. The number of nitrogens with two attached hydrogens (primary N) is 1. The average molecular weight is 416 g/mol. The van der Waals surface area contributed by atoms with E-state index in [9.17, 15) is 0 Å². The average Bonchev–Trinajstić information content (AvgIpc) is 2.84. The number of nitrogens with zero attached hydrogens (tertiary/aromatic N) is 2. The normalized spacial score (nSPS) is 11.9. The van der Waals surface area contributed by atoms with Crippen molar-refractivity contribution >= 4 is 41.3 Å². The van der Waals surface area contributed by atoms with Crippen molar-refractivity contribution in [3.05, 3.63) is 41.4 Å². The lowest BCUT2D eigenvalue weighted by Crippen LogP contribution is -2.44. The Balaban J connectivity index is 0.00000220. The molecular formula is C15H21IN4S. The van der Waals surface area contributed by atoms with E-state index >= 15 is 0 Å². The molecule has 0 saturated carbocycles. The maximum atomic E-state index is 5.84. The third-order valence-corrected chi connectivity index (χ3v) is 3.43. The molecule has 0 aliphatic heterocycles. The first kappa shape index (κ1) is 17.9. The predicted octanol–water partition coefficient (Wildman–Crippen LogP) is 3.63. The zero-order chi connectivity index (χ0) is 14.6. The highest BCUT2D eigenvalue weighted by atomic mass is 127. The Morgan fingerprint density at radius 1 is 1.29 bits per heavy atom. The van der Waals surface area contributed by atoms with Gasteiger partial charge in [-0.25, -0.2) is 9.98 Å². The van der Waals surface area contributed by atoms with E-state index < -0.39 is 0 Å². The first-order chi connectivity index (χ1) is 9.44. The van der Waals surface area contributed by atoms with Crippen LogP contribution in [0.1, 0.15) is 26.5 Å². The molecule has 1 aromatic carbocycles. The maximum Gasteiger partial charge on any atom is 0.189 e. The molecule has 21 heavy (non-hydrogen) atoms. The SMILES string of the molecule is CC(C)(C)NC(N)=NCc1csc(-c2ccccc2)n1.I. The van der Waals surface area contributed by atoms with Gasteiger partial charge in [0.15, 0.2) is 5.96 Å². The van der Waals surface area contributed by atoms with E-state index in [-0.39, 0.29) is 29.5 Å². The lowest BCUT2D eigenvalue weighted by molar-refractivity contribution is 0.508. The van der Waals surface area contributed by atoms with Gasteiger partial charge in [0, 0.05) is 16.5 Å². The Morgan fingerprint density at radius 2 is 1.95 bits per heavy atom. The molecule has 6 heteroatoms. The third kappa shape index (κ3) is 6.01. The van der Waals surface area contributed by atoms with Crippen LogP contribution in [-0.2, 0) is 6.54 Å². The van der Waals surface area contributed by atoms with Crippen LogP contribution in [0.4, 0.5) is 0 Å².